The van der Waals surface area contributed by atoms with Crippen LogP contribution < -0.4 is 0 Å². The maximum atomic E-state index is 13.0. The molecule has 0 fully saturated rings. The van der Waals surface area contributed by atoms with Crippen LogP contribution in [0, 0.1) is 0 Å². The quantitative estimate of drug-likeness (QED) is 0.0150. The largest absolute Gasteiger partial charge is 2.00 e. The van der Waals surface area contributed by atoms with Gasteiger partial charge in [0.2, 0.25) is 0 Å². The van der Waals surface area contributed by atoms with Gasteiger partial charge in [-0.1, -0.05) is 436 Å². The molecule has 0 aliphatic rings. The van der Waals surface area contributed by atoms with Crippen LogP contribution in [0.15, 0.2) is 94.8 Å². The van der Waals surface area contributed by atoms with Gasteiger partial charge in [-0.05, 0) is 165 Å². The van der Waals surface area contributed by atoms with Gasteiger partial charge in [0.05, 0.1) is 58.5 Å². The molecule has 17 heteroatoms. The standard InChI is InChI=1S/2C54H94O7S.Ca/c2*1-3-5-7-9-11-13-15-17-19-21-23-25-27-29-31-33-35-37-39-41-43-47-60-53(55)51-46-45-50(62(57,58)59)49-52(51)54(56)61-48-44-42-40-38-36-34-32-30-28-26-24-22-20-18-16-14-12-10-8-6-4-2;/h2*23-26,45-46,49H,3-22,27-44,47-48H2,1-2H3,(H,57,58,59);/q;;+2/p-2/b2*25-23+,26-24+;. The smallest absolute Gasteiger partial charge is 0.744 e. The second-order valence-electron chi connectivity index (χ2n) is 35.7. The SMILES string of the molecule is CCCCCCCCCCC/C=C/CCCCCCCCCCOC(=O)c1ccc(S(=O)(=O)[O-])cc1C(=O)OCCCCCCCCCC/C=C/CCCCCCCCCCC.CCCCCCCCCCC/C=C/CCCCCCCCCCOC(=O)c1ccc(S(=O)(=O)[O-])cc1C(=O)OCCCCCCCCCC/C=C/CCCCCCCCCCC.[Ca+2]. The zero-order valence-electron chi connectivity index (χ0n) is 80.9. The number of carbonyl (C=O) groups excluding carboxylic acids is 4. The number of rotatable bonds is 90. The molecule has 14 nitrogen and oxygen atoms in total. The van der Waals surface area contributed by atoms with E-state index in [1.807, 2.05) is 0 Å². The Morgan fingerprint density at radius 2 is 0.352 bits per heavy atom. The summed E-state index contributed by atoms with van der Waals surface area (Å²) in [5, 5.41) is 0. The summed E-state index contributed by atoms with van der Waals surface area (Å²) < 4.78 is 92.0. The number of benzene rings is 2. The molecule has 2 aromatic carbocycles. The third kappa shape index (κ3) is 78.7. The number of esters is 4. The fourth-order valence-electron chi connectivity index (χ4n) is 16.0. The molecule has 0 aliphatic heterocycles. The minimum absolute atomic E-state index is 0. The average molecular weight is 1810 g/mol. The van der Waals surface area contributed by atoms with Crippen LogP contribution in [0.4, 0.5) is 0 Å². The van der Waals surface area contributed by atoms with Crippen molar-refractivity contribution in [3.63, 3.8) is 0 Å². The predicted octanol–water partition coefficient (Wildman–Crippen LogP) is 33.4. The fraction of sp³-hybridized carbons (Fsp3) is 0.778. The molecular formula is C108H186CaO14S2. The third-order valence-electron chi connectivity index (χ3n) is 24.0. The van der Waals surface area contributed by atoms with E-state index in [0.717, 1.165) is 101 Å². The van der Waals surface area contributed by atoms with Gasteiger partial charge in [-0.25, -0.2) is 36.0 Å². The molecule has 125 heavy (non-hydrogen) atoms. The maximum absolute atomic E-state index is 13.0. The van der Waals surface area contributed by atoms with E-state index in [0.29, 0.717) is 25.7 Å². The molecule has 0 amide bonds. The van der Waals surface area contributed by atoms with Gasteiger partial charge in [0.25, 0.3) is 0 Å². The fourth-order valence-corrected chi connectivity index (χ4v) is 16.9. The molecule has 716 valence electrons. The Labute approximate surface area is 798 Å². The van der Waals surface area contributed by atoms with Crippen LogP contribution in [0.1, 0.15) is 557 Å². The number of carbonyl (C=O) groups is 4. The van der Waals surface area contributed by atoms with Gasteiger partial charge < -0.3 is 28.1 Å². The molecule has 0 spiro atoms. The number of hydrogen-bond acceptors (Lipinski definition) is 14. The van der Waals surface area contributed by atoms with Gasteiger partial charge in [0.15, 0.2) is 0 Å². The second kappa shape index (κ2) is 92.2. The maximum Gasteiger partial charge on any atom is 2.00 e. The Bertz CT molecular complexity index is 2950. The first-order valence-electron chi connectivity index (χ1n) is 52.1. The van der Waals surface area contributed by atoms with Gasteiger partial charge in [-0.3, -0.25) is 0 Å². The van der Waals surface area contributed by atoms with E-state index in [9.17, 15) is 45.1 Å². The Balaban J connectivity index is 0.00000244. The zero-order chi connectivity index (χ0) is 90.1. The minimum Gasteiger partial charge on any atom is -0.744 e. The summed E-state index contributed by atoms with van der Waals surface area (Å²) in [5.74, 6) is -3.09. The summed E-state index contributed by atoms with van der Waals surface area (Å²) in [6, 6.07) is 6.30. The number of hydrogen-bond donors (Lipinski definition) is 0. The van der Waals surface area contributed by atoms with Crippen LogP contribution in [-0.2, 0) is 39.2 Å². The van der Waals surface area contributed by atoms with E-state index in [2.05, 4.69) is 76.3 Å². The molecule has 0 heterocycles. The van der Waals surface area contributed by atoms with E-state index in [-0.39, 0.29) is 86.4 Å². The Hall–Kier alpha value is -3.64. The molecule has 0 bridgehead atoms. The first-order chi connectivity index (χ1) is 60.6. The van der Waals surface area contributed by atoms with Crippen molar-refractivity contribution in [2.45, 2.75) is 525 Å². The monoisotopic (exact) mass is 1810 g/mol. The first-order valence-corrected chi connectivity index (χ1v) is 54.9. The van der Waals surface area contributed by atoms with Crippen LogP contribution in [0.5, 0.6) is 0 Å². The van der Waals surface area contributed by atoms with Crippen molar-refractivity contribution in [1.82, 2.24) is 0 Å². The van der Waals surface area contributed by atoms with Crippen LogP contribution >= 0.6 is 0 Å². The van der Waals surface area contributed by atoms with Crippen molar-refractivity contribution in [3.8, 4) is 0 Å². The first kappa shape index (κ1) is 121. The molecule has 0 saturated carbocycles. The molecule has 2 aromatic rings. The van der Waals surface area contributed by atoms with E-state index < -0.39 is 53.9 Å². The van der Waals surface area contributed by atoms with Gasteiger partial charge in [-0.15, -0.1) is 0 Å². The summed E-state index contributed by atoms with van der Waals surface area (Å²) in [6.45, 7) is 9.81. The van der Waals surface area contributed by atoms with Crippen molar-refractivity contribution >= 4 is 81.9 Å². The van der Waals surface area contributed by atoms with Gasteiger partial charge in [0.1, 0.15) is 20.2 Å². The summed E-state index contributed by atoms with van der Waals surface area (Å²) in [7, 11) is -9.65. The van der Waals surface area contributed by atoms with Crippen LogP contribution in [0.2, 0.25) is 0 Å². The van der Waals surface area contributed by atoms with E-state index >= 15 is 0 Å². The molecule has 0 aliphatic carbocycles. The van der Waals surface area contributed by atoms with Crippen LogP contribution in [0.3, 0.4) is 0 Å². The molecule has 0 aromatic heterocycles. The molecule has 0 atom stereocenters. The average Bonchev–Trinajstić information content (AvgIpc) is 0.812. The van der Waals surface area contributed by atoms with E-state index in [4.69, 9.17) is 18.9 Å². The zero-order valence-corrected chi connectivity index (χ0v) is 84.7. The summed E-state index contributed by atoms with van der Waals surface area (Å²) in [4.78, 5) is 50.7. The summed E-state index contributed by atoms with van der Waals surface area (Å²) >= 11 is 0. The van der Waals surface area contributed by atoms with E-state index in [1.165, 1.54) is 397 Å². The second-order valence-corrected chi connectivity index (χ2v) is 38.4. The van der Waals surface area contributed by atoms with Crippen molar-refractivity contribution in [2.24, 2.45) is 0 Å². The van der Waals surface area contributed by atoms with Crippen molar-refractivity contribution in [2.75, 3.05) is 26.4 Å². The number of ether oxygens (including phenoxy) is 4. The molecule has 0 radical (unpaired) electrons. The predicted molar refractivity (Wildman–Crippen MR) is 526 cm³/mol. The molecule has 2 rings (SSSR count). The summed E-state index contributed by atoms with van der Waals surface area (Å²) in [6.07, 6.45) is 113. The van der Waals surface area contributed by atoms with Gasteiger partial charge >= 0.3 is 61.6 Å². The normalized spacial score (nSPS) is 11.8. The number of unbranched alkanes of at least 4 members (excludes halogenated alkanes) is 68. The Kier molecular flexibility index (Phi) is 89.5. The number of allylic oxidation sites excluding steroid dienone is 8. The Morgan fingerprint density at radius 1 is 0.216 bits per heavy atom. The van der Waals surface area contributed by atoms with Crippen molar-refractivity contribution in [1.29, 1.82) is 0 Å². The molecular weight excluding hydrogens is 1630 g/mol. The van der Waals surface area contributed by atoms with Crippen molar-refractivity contribution < 1.29 is 64.1 Å². The van der Waals surface area contributed by atoms with Crippen molar-refractivity contribution in [3.05, 3.63) is 107 Å². The molecule has 0 unspecified atom stereocenters. The minimum atomic E-state index is -4.82. The topological polar surface area (TPSA) is 220 Å². The van der Waals surface area contributed by atoms with Crippen LogP contribution in [0.25, 0.3) is 0 Å². The third-order valence-corrected chi connectivity index (χ3v) is 25.7. The molecule has 0 N–H and O–H groups in total. The van der Waals surface area contributed by atoms with Gasteiger partial charge in [-0.2, -0.15) is 0 Å². The van der Waals surface area contributed by atoms with Crippen LogP contribution in [-0.4, -0.2) is 114 Å². The molecule has 0 saturated heterocycles. The summed E-state index contributed by atoms with van der Waals surface area (Å²) in [5.41, 5.74) is -0.677. The van der Waals surface area contributed by atoms with Gasteiger partial charge in [0, 0.05) is 0 Å². The van der Waals surface area contributed by atoms with E-state index in [1.54, 1.807) is 0 Å². The Morgan fingerprint density at radius 3 is 0.504 bits per heavy atom.